The second-order valence-corrected chi connectivity index (χ2v) is 5.91. The van der Waals surface area contributed by atoms with Gasteiger partial charge in [-0.1, -0.05) is 37.6 Å². The summed E-state index contributed by atoms with van der Waals surface area (Å²) in [4.78, 5) is 11.9. The van der Waals surface area contributed by atoms with E-state index in [1.165, 1.54) is 5.56 Å². The molecule has 5 heteroatoms. The van der Waals surface area contributed by atoms with Crippen LogP contribution in [0.3, 0.4) is 0 Å². The number of halogens is 2. The van der Waals surface area contributed by atoms with Crippen LogP contribution in [0.1, 0.15) is 45.1 Å². The fourth-order valence-electron chi connectivity index (χ4n) is 2.60. The number of carbonyl (C=O) groups is 1. The van der Waals surface area contributed by atoms with Crippen LogP contribution in [-0.4, -0.2) is 26.0 Å². The summed E-state index contributed by atoms with van der Waals surface area (Å²) in [5.74, 6) is 0.130. The van der Waals surface area contributed by atoms with Crippen LogP contribution in [-0.2, 0) is 10.2 Å². The van der Waals surface area contributed by atoms with Crippen LogP contribution in [0.25, 0.3) is 0 Å². The summed E-state index contributed by atoms with van der Waals surface area (Å²) in [6.07, 6.45) is 3.42. The monoisotopic (exact) mass is 346 g/mol. The van der Waals surface area contributed by atoms with Crippen molar-refractivity contribution in [3.8, 4) is 0 Å². The van der Waals surface area contributed by atoms with Gasteiger partial charge < -0.3 is 10.6 Å². The van der Waals surface area contributed by atoms with E-state index >= 15 is 0 Å². The highest BCUT2D eigenvalue weighted by Gasteiger charge is 2.28. The van der Waals surface area contributed by atoms with Gasteiger partial charge in [0.1, 0.15) is 0 Å². The molecule has 22 heavy (non-hydrogen) atoms. The van der Waals surface area contributed by atoms with Gasteiger partial charge in [0.25, 0.3) is 0 Å². The van der Waals surface area contributed by atoms with Crippen LogP contribution in [0.5, 0.6) is 0 Å². The first-order valence-electron chi connectivity index (χ1n) is 7.75. The third-order valence-corrected chi connectivity index (χ3v) is 4.52. The normalized spacial score (nSPS) is 10.9. The maximum atomic E-state index is 11.9. The lowest BCUT2D eigenvalue weighted by molar-refractivity contribution is -0.121. The van der Waals surface area contributed by atoms with Gasteiger partial charge in [0.15, 0.2) is 0 Å². The van der Waals surface area contributed by atoms with Crippen molar-refractivity contribution in [2.45, 2.75) is 44.9 Å². The molecule has 0 unspecified atom stereocenters. The van der Waals surface area contributed by atoms with Crippen molar-refractivity contribution in [1.29, 1.82) is 0 Å². The molecule has 1 aromatic rings. The molecule has 0 aliphatic carbocycles. The lowest BCUT2D eigenvalue weighted by atomic mass is 9.76. The number of benzene rings is 1. The number of nitrogens with one attached hydrogen (secondary N) is 2. The van der Waals surface area contributed by atoms with E-state index in [1.807, 2.05) is 19.2 Å². The van der Waals surface area contributed by atoms with E-state index in [9.17, 15) is 4.79 Å². The Morgan fingerprint density at radius 1 is 1.18 bits per heavy atom. The third-order valence-electron chi connectivity index (χ3n) is 4.26. The van der Waals surface area contributed by atoms with Crippen molar-refractivity contribution in [1.82, 2.24) is 10.6 Å². The Morgan fingerprint density at radius 2 is 1.77 bits per heavy atom. The number of rotatable bonds is 9. The SMILES string of the molecule is CCC(CC)(CNC(=O)CCCNC)c1ccc(Cl)cc1.Cl. The minimum Gasteiger partial charge on any atom is -0.355 e. The van der Waals surface area contributed by atoms with E-state index in [4.69, 9.17) is 11.6 Å². The molecule has 0 bridgehead atoms. The Balaban J connectivity index is 0.00000441. The predicted molar refractivity (Wildman–Crippen MR) is 97.1 cm³/mol. The average Bonchev–Trinajstić information content (AvgIpc) is 2.50. The molecule has 0 atom stereocenters. The number of hydrogen-bond acceptors (Lipinski definition) is 2. The van der Waals surface area contributed by atoms with Crippen molar-refractivity contribution >= 4 is 29.9 Å². The molecule has 1 aromatic carbocycles. The van der Waals surface area contributed by atoms with Crippen LogP contribution < -0.4 is 10.6 Å². The summed E-state index contributed by atoms with van der Waals surface area (Å²) in [7, 11) is 1.90. The molecule has 1 amide bonds. The smallest absolute Gasteiger partial charge is 0.220 e. The standard InChI is InChI=1S/C17H27ClN2O.ClH/c1-4-17(5-2,14-8-10-15(18)11-9-14)13-20-16(21)7-6-12-19-3;/h8-11,19H,4-7,12-13H2,1-3H3,(H,20,21);1H. The summed E-state index contributed by atoms with van der Waals surface area (Å²) in [5, 5.41) is 6.90. The Morgan fingerprint density at radius 3 is 2.27 bits per heavy atom. The number of carbonyl (C=O) groups excluding carboxylic acids is 1. The van der Waals surface area contributed by atoms with Crippen molar-refractivity contribution in [3.05, 3.63) is 34.9 Å². The largest absolute Gasteiger partial charge is 0.355 e. The molecule has 0 saturated carbocycles. The van der Waals surface area contributed by atoms with E-state index < -0.39 is 0 Å². The number of amides is 1. The average molecular weight is 347 g/mol. The van der Waals surface area contributed by atoms with Gasteiger partial charge in [-0.05, 0) is 50.6 Å². The van der Waals surface area contributed by atoms with Crippen molar-refractivity contribution in [2.75, 3.05) is 20.1 Å². The summed E-state index contributed by atoms with van der Waals surface area (Å²) in [6.45, 7) is 5.90. The summed E-state index contributed by atoms with van der Waals surface area (Å²) in [6, 6.07) is 7.99. The molecular formula is C17H28Cl2N2O. The molecule has 0 radical (unpaired) electrons. The third kappa shape index (κ3) is 6.15. The molecule has 126 valence electrons. The summed E-state index contributed by atoms with van der Waals surface area (Å²) >= 11 is 5.97. The molecule has 0 saturated heterocycles. The van der Waals surface area contributed by atoms with E-state index in [2.05, 4.69) is 36.6 Å². The van der Waals surface area contributed by atoms with Gasteiger partial charge in [-0.15, -0.1) is 12.4 Å². The first-order chi connectivity index (χ1) is 10.1. The summed E-state index contributed by atoms with van der Waals surface area (Å²) in [5.41, 5.74) is 1.23. The molecule has 0 aliphatic heterocycles. The zero-order valence-corrected chi connectivity index (χ0v) is 15.3. The van der Waals surface area contributed by atoms with Crippen molar-refractivity contribution < 1.29 is 4.79 Å². The Bertz CT molecular complexity index is 431. The topological polar surface area (TPSA) is 41.1 Å². The van der Waals surface area contributed by atoms with Crippen LogP contribution >= 0.6 is 24.0 Å². The van der Waals surface area contributed by atoms with E-state index in [-0.39, 0.29) is 23.7 Å². The van der Waals surface area contributed by atoms with E-state index in [0.29, 0.717) is 13.0 Å². The van der Waals surface area contributed by atoms with Gasteiger partial charge in [0, 0.05) is 23.4 Å². The highest BCUT2D eigenvalue weighted by molar-refractivity contribution is 6.30. The molecule has 0 fully saturated rings. The molecule has 0 aromatic heterocycles. The highest BCUT2D eigenvalue weighted by atomic mass is 35.5. The quantitative estimate of drug-likeness (QED) is 0.665. The second-order valence-electron chi connectivity index (χ2n) is 5.48. The zero-order valence-electron chi connectivity index (χ0n) is 13.7. The molecular weight excluding hydrogens is 319 g/mol. The maximum absolute atomic E-state index is 11.9. The van der Waals surface area contributed by atoms with Crippen LogP contribution in [0.4, 0.5) is 0 Å². The molecule has 3 nitrogen and oxygen atoms in total. The highest BCUT2D eigenvalue weighted by Crippen LogP contribution is 2.31. The lowest BCUT2D eigenvalue weighted by Gasteiger charge is -2.32. The first kappa shape index (κ1) is 21.2. The van der Waals surface area contributed by atoms with Gasteiger partial charge in [-0.2, -0.15) is 0 Å². The maximum Gasteiger partial charge on any atom is 0.220 e. The molecule has 2 N–H and O–H groups in total. The van der Waals surface area contributed by atoms with Gasteiger partial charge in [-0.25, -0.2) is 0 Å². The molecule has 0 spiro atoms. The van der Waals surface area contributed by atoms with E-state index in [0.717, 1.165) is 30.8 Å². The van der Waals surface area contributed by atoms with Crippen LogP contribution in [0.2, 0.25) is 5.02 Å². The number of hydrogen-bond donors (Lipinski definition) is 2. The predicted octanol–water partition coefficient (Wildman–Crippen LogP) is 3.94. The van der Waals surface area contributed by atoms with Crippen molar-refractivity contribution in [3.63, 3.8) is 0 Å². The molecule has 0 aliphatic rings. The van der Waals surface area contributed by atoms with Gasteiger partial charge in [0.05, 0.1) is 0 Å². The Labute approximate surface area is 145 Å². The lowest BCUT2D eigenvalue weighted by Crippen LogP contribution is -2.40. The van der Waals surface area contributed by atoms with Crippen LogP contribution in [0, 0.1) is 0 Å². The van der Waals surface area contributed by atoms with Gasteiger partial charge >= 0.3 is 0 Å². The minimum absolute atomic E-state index is 0. The van der Waals surface area contributed by atoms with E-state index in [1.54, 1.807) is 0 Å². The molecule has 1 rings (SSSR count). The van der Waals surface area contributed by atoms with Crippen LogP contribution in [0.15, 0.2) is 24.3 Å². The molecule has 0 heterocycles. The Kier molecular flexibility index (Phi) is 10.5. The summed E-state index contributed by atoms with van der Waals surface area (Å²) < 4.78 is 0. The van der Waals surface area contributed by atoms with Gasteiger partial charge in [-0.3, -0.25) is 4.79 Å². The fourth-order valence-corrected chi connectivity index (χ4v) is 2.72. The minimum atomic E-state index is -0.0107. The second kappa shape index (κ2) is 10.9. The Hall–Kier alpha value is -0.770. The fraction of sp³-hybridized carbons (Fsp3) is 0.588. The van der Waals surface area contributed by atoms with Gasteiger partial charge in [0.2, 0.25) is 5.91 Å². The first-order valence-corrected chi connectivity index (χ1v) is 8.13. The van der Waals surface area contributed by atoms with Crippen molar-refractivity contribution in [2.24, 2.45) is 0 Å². The zero-order chi connectivity index (χ0) is 15.7.